The Morgan fingerprint density at radius 2 is 1.93 bits per heavy atom. The van der Waals surface area contributed by atoms with Gasteiger partial charge in [0.15, 0.2) is 0 Å². The van der Waals surface area contributed by atoms with E-state index in [1.165, 1.54) is 10.7 Å². The lowest BCUT2D eigenvalue weighted by Gasteiger charge is -2.12. The van der Waals surface area contributed by atoms with Crippen molar-refractivity contribution in [2.24, 2.45) is 0 Å². The van der Waals surface area contributed by atoms with Crippen molar-refractivity contribution in [2.75, 3.05) is 19.1 Å². The molecule has 0 aliphatic rings. The zero-order valence-electron chi connectivity index (χ0n) is 8.36. The number of hydrogen-bond acceptors (Lipinski definition) is 2. The van der Waals surface area contributed by atoms with Crippen molar-refractivity contribution in [3.63, 3.8) is 0 Å². The molecule has 0 fully saturated rings. The molecular weight excluding hydrogens is 191 g/mol. The SMILES string of the molecule is CP(C)c1c(N)cnc2ccccc12. The van der Waals surface area contributed by atoms with Crippen LogP contribution in [0.4, 0.5) is 5.69 Å². The molecule has 0 aliphatic heterocycles. The predicted molar refractivity (Wildman–Crippen MR) is 64.6 cm³/mol. The van der Waals surface area contributed by atoms with E-state index >= 15 is 0 Å². The smallest absolute Gasteiger partial charge is 0.0710 e. The minimum atomic E-state index is -0.181. The number of hydrogen-bond donors (Lipinski definition) is 1. The van der Waals surface area contributed by atoms with Gasteiger partial charge in [-0.2, -0.15) is 0 Å². The molecule has 0 radical (unpaired) electrons. The van der Waals surface area contributed by atoms with E-state index in [-0.39, 0.29) is 7.92 Å². The van der Waals surface area contributed by atoms with E-state index < -0.39 is 0 Å². The number of rotatable bonds is 1. The van der Waals surface area contributed by atoms with Crippen molar-refractivity contribution in [1.29, 1.82) is 0 Å². The average molecular weight is 204 g/mol. The first-order chi connectivity index (χ1) is 6.70. The number of nitrogens with two attached hydrogens (primary N) is 1. The Morgan fingerprint density at radius 1 is 1.21 bits per heavy atom. The summed E-state index contributed by atoms with van der Waals surface area (Å²) in [6.45, 7) is 4.43. The molecular formula is C11H13N2P. The molecule has 2 N–H and O–H groups in total. The third kappa shape index (κ3) is 1.46. The van der Waals surface area contributed by atoms with Gasteiger partial charge in [0, 0.05) is 10.7 Å². The summed E-state index contributed by atoms with van der Waals surface area (Å²) in [4.78, 5) is 4.31. The Bertz CT molecular complexity index is 466. The molecule has 1 heterocycles. The van der Waals surface area contributed by atoms with Crippen LogP contribution in [0.3, 0.4) is 0 Å². The van der Waals surface area contributed by atoms with E-state index in [0.717, 1.165) is 11.2 Å². The van der Waals surface area contributed by atoms with Crippen LogP contribution in [-0.4, -0.2) is 18.3 Å². The van der Waals surface area contributed by atoms with E-state index in [2.05, 4.69) is 24.4 Å². The number of benzene rings is 1. The molecule has 0 spiro atoms. The van der Waals surface area contributed by atoms with Crippen LogP contribution in [0.15, 0.2) is 30.5 Å². The summed E-state index contributed by atoms with van der Waals surface area (Å²) in [6.07, 6.45) is 1.76. The van der Waals surface area contributed by atoms with Crippen molar-refractivity contribution in [1.82, 2.24) is 4.98 Å². The fourth-order valence-corrected chi connectivity index (χ4v) is 2.89. The van der Waals surface area contributed by atoms with Crippen molar-refractivity contribution >= 4 is 29.8 Å². The van der Waals surface area contributed by atoms with Crippen LogP contribution in [0, 0.1) is 0 Å². The van der Waals surface area contributed by atoms with Crippen LogP contribution in [0.25, 0.3) is 10.9 Å². The van der Waals surface area contributed by atoms with Gasteiger partial charge in [-0.1, -0.05) is 26.1 Å². The summed E-state index contributed by atoms with van der Waals surface area (Å²) in [7, 11) is -0.181. The zero-order chi connectivity index (χ0) is 10.1. The number of aromatic nitrogens is 1. The maximum absolute atomic E-state index is 5.94. The second kappa shape index (κ2) is 3.55. The maximum atomic E-state index is 5.94. The Morgan fingerprint density at radius 3 is 2.64 bits per heavy atom. The molecule has 2 aromatic rings. The minimum Gasteiger partial charge on any atom is -0.397 e. The lowest BCUT2D eigenvalue weighted by atomic mass is 10.2. The summed E-state index contributed by atoms with van der Waals surface area (Å²) >= 11 is 0. The highest BCUT2D eigenvalue weighted by Gasteiger charge is 2.08. The molecule has 0 amide bonds. The van der Waals surface area contributed by atoms with Gasteiger partial charge in [0.25, 0.3) is 0 Å². The number of nitrogen functional groups attached to an aromatic ring is 1. The fourth-order valence-electron chi connectivity index (χ4n) is 1.64. The Balaban J connectivity index is 2.83. The number of anilines is 1. The van der Waals surface area contributed by atoms with Crippen molar-refractivity contribution in [2.45, 2.75) is 0 Å². The Hall–Kier alpha value is -1.14. The molecule has 0 saturated carbocycles. The highest BCUT2D eigenvalue weighted by molar-refractivity contribution is 7.65. The predicted octanol–water partition coefficient (Wildman–Crippen LogP) is 2.18. The molecule has 14 heavy (non-hydrogen) atoms. The highest BCUT2D eigenvalue weighted by Crippen LogP contribution is 2.30. The van der Waals surface area contributed by atoms with Crippen LogP contribution < -0.4 is 11.0 Å². The number of nitrogens with zero attached hydrogens (tertiary/aromatic N) is 1. The summed E-state index contributed by atoms with van der Waals surface area (Å²) in [5.41, 5.74) is 7.80. The third-order valence-electron chi connectivity index (χ3n) is 2.22. The molecule has 2 rings (SSSR count). The quantitative estimate of drug-likeness (QED) is 0.723. The molecule has 1 aromatic carbocycles. The van der Waals surface area contributed by atoms with Crippen molar-refractivity contribution < 1.29 is 0 Å². The average Bonchev–Trinajstić information content (AvgIpc) is 2.17. The first-order valence-electron chi connectivity index (χ1n) is 4.50. The second-order valence-corrected chi connectivity index (χ2v) is 5.71. The summed E-state index contributed by atoms with van der Waals surface area (Å²) in [5, 5.41) is 2.47. The van der Waals surface area contributed by atoms with Gasteiger partial charge in [0.2, 0.25) is 0 Å². The van der Waals surface area contributed by atoms with Crippen LogP contribution in [0.1, 0.15) is 0 Å². The monoisotopic (exact) mass is 204 g/mol. The van der Waals surface area contributed by atoms with Gasteiger partial charge in [-0.15, -0.1) is 0 Å². The van der Waals surface area contributed by atoms with E-state index in [0.29, 0.717) is 0 Å². The van der Waals surface area contributed by atoms with Gasteiger partial charge < -0.3 is 5.73 Å². The lowest BCUT2D eigenvalue weighted by molar-refractivity contribution is 1.42. The van der Waals surface area contributed by atoms with Gasteiger partial charge in [-0.25, -0.2) is 0 Å². The third-order valence-corrected chi connectivity index (χ3v) is 3.62. The van der Waals surface area contributed by atoms with Gasteiger partial charge in [-0.3, -0.25) is 4.98 Å². The van der Waals surface area contributed by atoms with Crippen LogP contribution in [0.5, 0.6) is 0 Å². The zero-order valence-corrected chi connectivity index (χ0v) is 9.25. The first-order valence-corrected chi connectivity index (χ1v) is 6.74. The fraction of sp³-hybridized carbons (Fsp3) is 0.182. The maximum Gasteiger partial charge on any atom is 0.0710 e. The lowest BCUT2D eigenvalue weighted by Crippen LogP contribution is -2.09. The molecule has 0 unspecified atom stereocenters. The van der Waals surface area contributed by atoms with E-state index in [4.69, 9.17) is 5.73 Å². The Kier molecular flexibility index (Phi) is 2.39. The summed E-state index contributed by atoms with van der Waals surface area (Å²) in [6, 6.07) is 8.15. The molecule has 72 valence electrons. The Labute approximate surface area is 84.9 Å². The van der Waals surface area contributed by atoms with Crippen molar-refractivity contribution in [3.05, 3.63) is 30.5 Å². The molecule has 0 aliphatic carbocycles. The molecule has 0 saturated heterocycles. The number of fused-ring (bicyclic) bond motifs is 1. The van der Waals surface area contributed by atoms with Crippen molar-refractivity contribution in [3.8, 4) is 0 Å². The normalized spacial score (nSPS) is 11.1. The highest BCUT2D eigenvalue weighted by atomic mass is 31.1. The van der Waals surface area contributed by atoms with E-state index in [9.17, 15) is 0 Å². The minimum absolute atomic E-state index is 0.181. The van der Waals surface area contributed by atoms with Gasteiger partial charge in [0.05, 0.1) is 17.4 Å². The topological polar surface area (TPSA) is 38.9 Å². The number of para-hydroxylation sites is 1. The standard InChI is InChI=1S/C11H13N2P/c1-14(2)11-8-5-3-4-6-10(8)13-7-9(11)12/h3-7H,12H2,1-2H3. The van der Waals surface area contributed by atoms with Gasteiger partial charge in [0.1, 0.15) is 0 Å². The second-order valence-electron chi connectivity index (χ2n) is 3.47. The largest absolute Gasteiger partial charge is 0.397 e. The summed E-state index contributed by atoms with van der Waals surface area (Å²) in [5.74, 6) is 0. The summed E-state index contributed by atoms with van der Waals surface area (Å²) < 4.78 is 0. The van der Waals surface area contributed by atoms with Crippen LogP contribution in [-0.2, 0) is 0 Å². The molecule has 0 atom stereocenters. The first kappa shape index (κ1) is 9.42. The van der Waals surface area contributed by atoms with Crippen LogP contribution >= 0.6 is 7.92 Å². The van der Waals surface area contributed by atoms with Gasteiger partial charge >= 0.3 is 0 Å². The van der Waals surface area contributed by atoms with Crippen LogP contribution in [0.2, 0.25) is 0 Å². The van der Waals surface area contributed by atoms with E-state index in [1.807, 2.05) is 18.2 Å². The van der Waals surface area contributed by atoms with Gasteiger partial charge in [-0.05, 0) is 19.4 Å². The number of pyridine rings is 1. The molecule has 0 bridgehead atoms. The molecule has 2 nitrogen and oxygen atoms in total. The van der Waals surface area contributed by atoms with E-state index in [1.54, 1.807) is 6.20 Å². The molecule has 3 heteroatoms. The molecule has 1 aromatic heterocycles.